The molecule has 0 aliphatic rings. The number of nitrogens with two attached hydrogens (primary N) is 1. The summed E-state index contributed by atoms with van der Waals surface area (Å²) in [6.45, 7) is -2.63. The van der Waals surface area contributed by atoms with E-state index in [1.165, 1.54) is 18.2 Å². The van der Waals surface area contributed by atoms with E-state index in [-0.39, 0.29) is 10.6 Å². The summed E-state index contributed by atoms with van der Waals surface area (Å²) in [6.07, 6.45) is 0. The maximum absolute atomic E-state index is 12.7. The molecule has 4 N–H and O–H groups in total. The van der Waals surface area contributed by atoms with Gasteiger partial charge in [0.2, 0.25) is 10.0 Å². The Balaban J connectivity index is 2.94. The molecule has 9 heteroatoms. The molecule has 0 radical (unpaired) electrons. The standard InChI is InChI=1S/C9H11BrF2N2O3S/c10-6-1-2-8(7(13)3-6)18(16,17)14-4-9(11,12)5-15/h1-3,14-15H,4-5,13H2. The Labute approximate surface area is 111 Å². The minimum absolute atomic E-state index is 0.0656. The molecule has 0 aliphatic heterocycles. The van der Waals surface area contributed by atoms with Gasteiger partial charge in [0.05, 0.1) is 12.2 Å². The van der Waals surface area contributed by atoms with Gasteiger partial charge in [-0.25, -0.2) is 21.9 Å². The van der Waals surface area contributed by atoms with Gasteiger partial charge >= 0.3 is 0 Å². The third-order valence-electron chi connectivity index (χ3n) is 2.01. The fourth-order valence-corrected chi connectivity index (χ4v) is 2.65. The van der Waals surface area contributed by atoms with Gasteiger partial charge in [0.15, 0.2) is 0 Å². The second kappa shape index (κ2) is 5.47. The third-order valence-corrected chi connectivity index (χ3v) is 3.98. The summed E-state index contributed by atoms with van der Waals surface area (Å²) in [6, 6.07) is 3.96. The first kappa shape index (κ1) is 15.3. The van der Waals surface area contributed by atoms with E-state index in [0.29, 0.717) is 4.47 Å². The second-order valence-corrected chi connectivity index (χ2v) is 6.17. The maximum Gasteiger partial charge on any atom is 0.283 e. The number of nitrogens with one attached hydrogen (secondary N) is 1. The van der Waals surface area contributed by atoms with Crippen LogP contribution in [-0.2, 0) is 10.0 Å². The van der Waals surface area contributed by atoms with E-state index in [1.54, 1.807) is 4.72 Å². The quantitative estimate of drug-likeness (QED) is 0.693. The predicted molar refractivity (Wildman–Crippen MR) is 65.8 cm³/mol. The van der Waals surface area contributed by atoms with Gasteiger partial charge in [-0.15, -0.1) is 0 Å². The van der Waals surface area contributed by atoms with Crippen LogP contribution in [0, 0.1) is 0 Å². The summed E-state index contributed by atoms with van der Waals surface area (Å²) in [7, 11) is -4.14. The Hall–Kier alpha value is -0.770. The van der Waals surface area contributed by atoms with Crippen molar-refractivity contribution in [3.05, 3.63) is 22.7 Å². The Morgan fingerprint density at radius 1 is 1.44 bits per heavy atom. The molecule has 0 amide bonds. The first-order chi connectivity index (χ1) is 8.18. The lowest BCUT2D eigenvalue weighted by Crippen LogP contribution is -2.39. The highest BCUT2D eigenvalue weighted by Crippen LogP contribution is 2.23. The Morgan fingerprint density at radius 3 is 2.56 bits per heavy atom. The molecule has 0 unspecified atom stereocenters. The minimum Gasteiger partial charge on any atom is -0.398 e. The first-order valence-electron chi connectivity index (χ1n) is 4.71. The molecule has 1 aromatic carbocycles. The molecule has 0 atom stereocenters. The smallest absolute Gasteiger partial charge is 0.283 e. The molecular formula is C9H11BrF2N2O3S. The fraction of sp³-hybridized carbons (Fsp3) is 0.333. The van der Waals surface area contributed by atoms with Gasteiger partial charge in [-0.05, 0) is 18.2 Å². The van der Waals surface area contributed by atoms with Crippen LogP contribution in [0.2, 0.25) is 0 Å². The third kappa shape index (κ3) is 3.87. The number of hydrogen-bond donors (Lipinski definition) is 3. The summed E-state index contributed by atoms with van der Waals surface area (Å²) < 4.78 is 51.2. The molecule has 18 heavy (non-hydrogen) atoms. The number of alkyl halides is 2. The van der Waals surface area contributed by atoms with Crippen LogP contribution < -0.4 is 10.5 Å². The molecule has 1 aromatic rings. The summed E-state index contributed by atoms with van der Waals surface area (Å²) in [4.78, 5) is -0.292. The van der Waals surface area contributed by atoms with E-state index < -0.39 is 29.1 Å². The molecule has 0 saturated heterocycles. The van der Waals surface area contributed by atoms with Crippen molar-refractivity contribution in [3.63, 3.8) is 0 Å². The van der Waals surface area contributed by atoms with Crippen LogP contribution in [0.25, 0.3) is 0 Å². The van der Waals surface area contributed by atoms with Crippen LogP contribution in [-0.4, -0.2) is 32.6 Å². The van der Waals surface area contributed by atoms with Crippen molar-refractivity contribution in [1.82, 2.24) is 4.72 Å². The lowest BCUT2D eigenvalue weighted by Gasteiger charge is -2.15. The van der Waals surface area contributed by atoms with Crippen molar-refractivity contribution >= 4 is 31.6 Å². The number of hydrogen-bond acceptors (Lipinski definition) is 4. The van der Waals surface area contributed by atoms with Crippen LogP contribution in [0.5, 0.6) is 0 Å². The Kier molecular flexibility index (Phi) is 4.65. The van der Waals surface area contributed by atoms with Crippen molar-refractivity contribution in [1.29, 1.82) is 0 Å². The molecule has 0 spiro atoms. The van der Waals surface area contributed by atoms with Crippen LogP contribution in [0.1, 0.15) is 0 Å². The summed E-state index contributed by atoms with van der Waals surface area (Å²) >= 11 is 3.10. The van der Waals surface area contributed by atoms with Gasteiger partial charge in [-0.1, -0.05) is 15.9 Å². The first-order valence-corrected chi connectivity index (χ1v) is 6.99. The van der Waals surface area contributed by atoms with Crippen molar-refractivity contribution < 1.29 is 22.3 Å². The van der Waals surface area contributed by atoms with E-state index >= 15 is 0 Å². The molecule has 1 rings (SSSR count). The number of halogens is 3. The van der Waals surface area contributed by atoms with Crippen LogP contribution in [0.4, 0.5) is 14.5 Å². The highest BCUT2D eigenvalue weighted by Gasteiger charge is 2.30. The molecule has 0 aliphatic carbocycles. The largest absolute Gasteiger partial charge is 0.398 e. The number of aliphatic hydroxyl groups is 1. The monoisotopic (exact) mass is 344 g/mol. The van der Waals surface area contributed by atoms with E-state index in [1.807, 2.05) is 0 Å². The lowest BCUT2D eigenvalue weighted by atomic mass is 10.3. The zero-order chi connectivity index (χ0) is 14.0. The van der Waals surface area contributed by atoms with Gasteiger partial charge in [0.25, 0.3) is 5.92 Å². The molecule has 0 heterocycles. The number of benzene rings is 1. The second-order valence-electron chi connectivity index (χ2n) is 3.52. The Bertz CT molecular complexity index is 537. The average Bonchev–Trinajstić information content (AvgIpc) is 2.26. The number of nitrogen functional groups attached to an aromatic ring is 1. The van der Waals surface area contributed by atoms with Crippen LogP contribution >= 0.6 is 15.9 Å². The Morgan fingerprint density at radius 2 is 2.06 bits per heavy atom. The average molecular weight is 345 g/mol. The van der Waals surface area contributed by atoms with E-state index in [4.69, 9.17) is 10.8 Å². The van der Waals surface area contributed by atoms with Crippen molar-refractivity contribution in [2.24, 2.45) is 0 Å². The highest BCUT2D eigenvalue weighted by atomic mass is 79.9. The maximum atomic E-state index is 12.7. The molecule has 0 saturated carbocycles. The minimum atomic E-state index is -4.14. The van der Waals surface area contributed by atoms with Crippen molar-refractivity contribution in [2.75, 3.05) is 18.9 Å². The summed E-state index contributed by atoms with van der Waals surface area (Å²) in [5.74, 6) is -3.52. The molecule has 0 fully saturated rings. The van der Waals surface area contributed by atoms with Gasteiger partial charge in [0.1, 0.15) is 11.5 Å². The topological polar surface area (TPSA) is 92.4 Å². The van der Waals surface area contributed by atoms with Gasteiger partial charge < -0.3 is 10.8 Å². The number of anilines is 1. The number of rotatable bonds is 5. The van der Waals surface area contributed by atoms with Gasteiger partial charge in [-0.3, -0.25) is 0 Å². The van der Waals surface area contributed by atoms with Crippen molar-refractivity contribution in [3.8, 4) is 0 Å². The molecule has 102 valence electrons. The summed E-state index contributed by atoms with van der Waals surface area (Å²) in [5.41, 5.74) is 5.43. The molecule has 0 bridgehead atoms. The molecule has 5 nitrogen and oxygen atoms in total. The van der Waals surface area contributed by atoms with E-state index in [2.05, 4.69) is 15.9 Å². The van der Waals surface area contributed by atoms with Crippen LogP contribution in [0.3, 0.4) is 0 Å². The van der Waals surface area contributed by atoms with Crippen molar-refractivity contribution in [2.45, 2.75) is 10.8 Å². The lowest BCUT2D eigenvalue weighted by molar-refractivity contribution is -0.0437. The van der Waals surface area contributed by atoms with E-state index in [0.717, 1.165) is 0 Å². The highest BCUT2D eigenvalue weighted by molar-refractivity contribution is 9.10. The van der Waals surface area contributed by atoms with Gasteiger partial charge in [-0.2, -0.15) is 0 Å². The molecule has 0 aromatic heterocycles. The zero-order valence-corrected chi connectivity index (χ0v) is 11.4. The zero-order valence-electron chi connectivity index (χ0n) is 9.03. The predicted octanol–water partition coefficient (Wildman–Crippen LogP) is 0.937. The van der Waals surface area contributed by atoms with Crippen LogP contribution in [0.15, 0.2) is 27.6 Å². The fourth-order valence-electron chi connectivity index (χ4n) is 1.10. The van der Waals surface area contributed by atoms with E-state index in [9.17, 15) is 17.2 Å². The SMILES string of the molecule is Nc1cc(Br)ccc1S(=O)(=O)NCC(F)(F)CO. The summed E-state index contributed by atoms with van der Waals surface area (Å²) in [5, 5.41) is 8.34. The number of aliphatic hydroxyl groups excluding tert-OH is 1. The molecular weight excluding hydrogens is 334 g/mol. The van der Waals surface area contributed by atoms with Gasteiger partial charge in [0, 0.05) is 4.47 Å². The normalized spacial score (nSPS) is 12.7. The number of sulfonamides is 1.